The van der Waals surface area contributed by atoms with Gasteiger partial charge in [0, 0.05) is 12.2 Å². The van der Waals surface area contributed by atoms with Crippen molar-refractivity contribution in [1.29, 1.82) is 0 Å². The highest BCUT2D eigenvalue weighted by Crippen LogP contribution is 2.41. The maximum absolute atomic E-state index is 14.0. The topological polar surface area (TPSA) is 70.5 Å². The second-order valence-electron chi connectivity index (χ2n) is 8.78. The Bertz CT molecular complexity index is 1080. The fourth-order valence-corrected chi connectivity index (χ4v) is 6.99. The molecule has 32 heavy (non-hydrogen) atoms. The van der Waals surface area contributed by atoms with E-state index in [1.165, 1.54) is 18.2 Å². The summed E-state index contributed by atoms with van der Waals surface area (Å²) in [4.78, 5) is 4.24. The number of rotatable bonds is 4. The predicted molar refractivity (Wildman–Crippen MR) is 121 cm³/mol. The molecular weight excluding hydrogens is 427 g/mol. The Labute approximate surface area is 189 Å². The highest BCUT2D eigenvalue weighted by molar-refractivity contribution is 7.89. The zero-order valence-corrected chi connectivity index (χ0v) is 18.9. The standard InChI is InChI=1S/C25H29FN2O3S/c26-20-7-6-9-24(19-20)32(30,31)28(22-10-12-23(29)13-11-22)25(15-3-1-4-16-25)17-14-21-8-2-5-18-27-21/h2,5-9,18-19,22-23,29H,1,3-4,10-13,15-16H2. The van der Waals surface area contributed by atoms with Gasteiger partial charge in [0.05, 0.1) is 16.5 Å². The summed E-state index contributed by atoms with van der Waals surface area (Å²) in [5, 5.41) is 10.0. The van der Waals surface area contributed by atoms with Crippen LogP contribution in [0.15, 0.2) is 53.6 Å². The number of halogens is 1. The lowest BCUT2D eigenvalue weighted by Crippen LogP contribution is -2.57. The van der Waals surface area contributed by atoms with Gasteiger partial charge in [-0.25, -0.2) is 17.8 Å². The van der Waals surface area contributed by atoms with E-state index in [2.05, 4.69) is 16.8 Å². The molecule has 1 heterocycles. The largest absolute Gasteiger partial charge is 0.393 e. The van der Waals surface area contributed by atoms with Gasteiger partial charge < -0.3 is 5.11 Å². The number of sulfonamides is 1. The first kappa shape index (κ1) is 22.9. The molecule has 5 nitrogen and oxygen atoms in total. The van der Waals surface area contributed by atoms with E-state index in [0.29, 0.717) is 44.2 Å². The van der Waals surface area contributed by atoms with Crippen molar-refractivity contribution in [3.8, 4) is 11.8 Å². The van der Waals surface area contributed by atoms with Crippen LogP contribution in [0.25, 0.3) is 0 Å². The number of aromatic nitrogens is 1. The number of hydrogen-bond acceptors (Lipinski definition) is 4. The van der Waals surface area contributed by atoms with Crippen LogP contribution in [-0.2, 0) is 10.0 Å². The van der Waals surface area contributed by atoms with Gasteiger partial charge in [0.15, 0.2) is 0 Å². The van der Waals surface area contributed by atoms with Crippen molar-refractivity contribution in [1.82, 2.24) is 9.29 Å². The predicted octanol–water partition coefficient (Wildman–Crippen LogP) is 4.27. The molecule has 2 fully saturated rings. The van der Waals surface area contributed by atoms with Crippen LogP contribution in [0.1, 0.15) is 63.5 Å². The summed E-state index contributed by atoms with van der Waals surface area (Å²) in [6.45, 7) is 0. The van der Waals surface area contributed by atoms with Gasteiger partial charge in [0.2, 0.25) is 10.0 Å². The van der Waals surface area contributed by atoms with Crippen molar-refractivity contribution in [2.75, 3.05) is 0 Å². The maximum atomic E-state index is 14.0. The second-order valence-corrected chi connectivity index (χ2v) is 10.6. The van der Waals surface area contributed by atoms with Gasteiger partial charge >= 0.3 is 0 Å². The van der Waals surface area contributed by atoms with Crippen molar-refractivity contribution >= 4 is 10.0 Å². The van der Waals surface area contributed by atoms with Gasteiger partial charge in [-0.2, -0.15) is 4.31 Å². The van der Waals surface area contributed by atoms with E-state index in [-0.39, 0.29) is 10.9 Å². The summed E-state index contributed by atoms with van der Waals surface area (Å²) in [5.74, 6) is 5.88. The maximum Gasteiger partial charge on any atom is 0.244 e. The Morgan fingerprint density at radius 2 is 1.78 bits per heavy atom. The quantitative estimate of drug-likeness (QED) is 0.698. The van der Waals surface area contributed by atoms with E-state index in [4.69, 9.17) is 0 Å². The molecule has 2 aliphatic carbocycles. The third-order valence-electron chi connectivity index (χ3n) is 6.54. The first-order chi connectivity index (χ1) is 15.4. The Hall–Kier alpha value is -2.27. The molecule has 1 aromatic heterocycles. The molecule has 1 aromatic carbocycles. The summed E-state index contributed by atoms with van der Waals surface area (Å²) < 4.78 is 43.6. The van der Waals surface area contributed by atoms with Crippen molar-refractivity contribution in [3.05, 3.63) is 60.2 Å². The molecule has 1 N–H and O–H groups in total. The van der Waals surface area contributed by atoms with Crippen molar-refractivity contribution < 1.29 is 17.9 Å². The Morgan fingerprint density at radius 3 is 2.44 bits per heavy atom. The fraction of sp³-hybridized carbons (Fsp3) is 0.480. The van der Waals surface area contributed by atoms with Gasteiger partial charge in [-0.15, -0.1) is 0 Å². The van der Waals surface area contributed by atoms with E-state index in [1.807, 2.05) is 18.2 Å². The van der Waals surface area contributed by atoms with E-state index >= 15 is 0 Å². The lowest BCUT2D eigenvalue weighted by molar-refractivity contribution is 0.0668. The Morgan fingerprint density at radius 1 is 1.03 bits per heavy atom. The van der Waals surface area contributed by atoms with Crippen LogP contribution < -0.4 is 0 Å². The number of aliphatic hydroxyl groups is 1. The lowest BCUT2D eigenvalue weighted by atomic mass is 9.80. The van der Waals surface area contributed by atoms with E-state index in [1.54, 1.807) is 10.5 Å². The molecule has 2 saturated carbocycles. The zero-order chi connectivity index (χ0) is 22.6. The van der Waals surface area contributed by atoms with Crippen molar-refractivity contribution in [3.63, 3.8) is 0 Å². The molecular formula is C25H29FN2O3S. The molecule has 0 bridgehead atoms. The lowest BCUT2D eigenvalue weighted by Gasteiger charge is -2.47. The van der Waals surface area contributed by atoms with E-state index in [0.717, 1.165) is 25.3 Å². The normalized spacial score (nSPS) is 23.3. The number of aliphatic hydroxyl groups excluding tert-OH is 1. The highest BCUT2D eigenvalue weighted by Gasteiger charge is 2.48. The minimum Gasteiger partial charge on any atom is -0.393 e. The number of benzene rings is 1. The molecule has 0 spiro atoms. The third kappa shape index (κ3) is 4.88. The first-order valence-electron chi connectivity index (χ1n) is 11.3. The summed E-state index contributed by atoms with van der Waals surface area (Å²) in [5.41, 5.74) is -0.284. The van der Waals surface area contributed by atoms with Crippen LogP contribution in [0.3, 0.4) is 0 Å². The molecule has 0 radical (unpaired) electrons. The molecule has 2 aliphatic rings. The third-order valence-corrected chi connectivity index (χ3v) is 8.56. The monoisotopic (exact) mass is 456 g/mol. The molecule has 4 rings (SSSR count). The number of pyridine rings is 1. The molecule has 0 saturated heterocycles. The van der Waals surface area contributed by atoms with Crippen LogP contribution in [0.2, 0.25) is 0 Å². The fourth-order valence-electron chi connectivity index (χ4n) is 4.96. The van der Waals surface area contributed by atoms with Gasteiger partial charge in [0.25, 0.3) is 0 Å². The van der Waals surface area contributed by atoms with Crippen LogP contribution in [0.4, 0.5) is 4.39 Å². The van der Waals surface area contributed by atoms with Crippen molar-refractivity contribution in [2.24, 2.45) is 0 Å². The van der Waals surface area contributed by atoms with Crippen LogP contribution in [-0.4, -0.2) is 40.5 Å². The molecule has 0 amide bonds. The van der Waals surface area contributed by atoms with Crippen LogP contribution in [0.5, 0.6) is 0 Å². The van der Waals surface area contributed by atoms with Crippen LogP contribution in [0, 0.1) is 17.7 Å². The highest BCUT2D eigenvalue weighted by atomic mass is 32.2. The first-order valence-corrected chi connectivity index (χ1v) is 12.8. The average molecular weight is 457 g/mol. The SMILES string of the molecule is O=S(=O)(c1cccc(F)c1)N(C1CCC(O)CC1)C1(C#Cc2ccccn2)CCCCC1. The summed E-state index contributed by atoms with van der Waals surface area (Å²) in [6, 6.07) is 10.4. The number of hydrogen-bond donors (Lipinski definition) is 1. The van der Waals surface area contributed by atoms with Gasteiger partial charge in [-0.3, -0.25) is 0 Å². The number of nitrogens with zero attached hydrogens (tertiary/aromatic N) is 2. The molecule has 0 atom stereocenters. The van der Waals surface area contributed by atoms with E-state index < -0.39 is 27.5 Å². The molecule has 0 unspecified atom stereocenters. The Kier molecular flexibility index (Phi) is 6.94. The average Bonchev–Trinajstić information content (AvgIpc) is 2.80. The summed E-state index contributed by atoms with van der Waals surface area (Å²) in [6.07, 6.45) is 7.50. The summed E-state index contributed by atoms with van der Waals surface area (Å²) in [7, 11) is -4.01. The van der Waals surface area contributed by atoms with E-state index in [9.17, 15) is 17.9 Å². The molecule has 7 heteroatoms. The Balaban J connectivity index is 1.83. The molecule has 2 aromatic rings. The van der Waals surface area contributed by atoms with Gasteiger partial charge in [-0.1, -0.05) is 37.3 Å². The zero-order valence-electron chi connectivity index (χ0n) is 18.1. The summed E-state index contributed by atoms with van der Waals surface area (Å²) >= 11 is 0. The minimum atomic E-state index is -4.01. The van der Waals surface area contributed by atoms with Crippen molar-refractivity contribution in [2.45, 2.75) is 80.4 Å². The van der Waals surface area contributed by atoms with Gasteiger partial charge in [-0.05, 0) is 74.8 Å². The smallest absolute Gasteiger partial charge is 0.244 e. The molecule has 0 aliphatic heterocycles. The van der Waals surface area contributed by atoms with Crippen LogP contribution >= 0.6 is 0 Å². The second kappa shape index (κ2) is 9.70. The van der Waals surface area contributed by atoms with Gasteiger partial charge in [0.1, 0.15) is 11.5 Å². The minimum absolute atomic E-state index is 0.0480. The molecule has 170 valence electrons.